The molecule has 96 valence electrons. The molecule has 4 aliphatic rings. The van der Waals surface area contributed by atoms with Crippen LogP contribution in [0.15, 0.2) is 11.1 Å². The fourth-order valence-corrected chi connectivity index (χ4v) is 5.33. The minimum absolute atomic E-state index is 0.594. The topological polar surface area (TPSA) is 0 Å². The summed E-state index contributed by atoms with van der Waals surface area (Å²) in [5.74, 6) is 4.61. The summed E-state index contributed by atoms with van der Waals surface area (Å²) in [5, 5.41) is 0. The van der Waals surface area contributed by atoms with E-state index in [1.54, 1.807) is 5.57 Å². The second kappa shape index (κ2) is 3.62. The molecule has 0 amide bonds. The maximum Gasteiger partial charge on any atom is -0.0140 e. The minimum Gasteiger partial charge on any atom is -0.0704 e. The molecule has 0 saturated heterocycles. The van der Waals surface area contributed by atoms with Crippen LogP contribution in [0, 0.1) is 35.0 Å². The second-order valence-electron chi connectivity index (χ2n) is 7.66. The Bertz CT molecular complexity index is 360. The van der Waals surface area contributed by atoms with Gasteiger partial charge in [-0.1, -0.05) is 51.7 Å². The van der Waals surface area contributed by atoms with Crippen LogP contribution in [0.3, 0.4) is 0 Å². The molecule has 2 unspecified atom stereocenters. The number of rotatable bonds is 1. The van der Waals surface area contributed by atoms with Gasteiger partial charge in [0.25, 0.3) is 0 Å². The Labute approximate surface area is 107 Å². The zero-order valence-electron chi connectivity index (χ0n) is 12.2. The molecule has 0 aromatic heterocycles. The van der Waals surface area contributed by atoms with Crippen molar-refractivity contribution in [1.29, 1.82) is 0 Å². The zero-order valence-corrected chi connectivity index (χ0v) is 12.2. The molecule has 5 atom stereocenters. The molecule has 0 radical (unpaired) electrons. The van der Waals surface area contributed by atoms with Gasteiger partial charge in [0.2, 0.25) is 0 Å². The molecule has 0 nitrogen and oxygen atoms in total. The van der Waals surface area contributed by atoms with Crippen molar-refractivity contribution in [2.75, 3.05) is 0 Å². The highest BCUT2D eigenvalue weighted by Gasteiger charge is 2.57. The van der Waals surface area contributed by atoms with E-state index < -0.39 is 0 Å². The monoisotopic (exact) mass is 232 g/mol. The van der Waals surface area contributed by atoms with Crippen molar-refractivity contribution >= 4 is 0 Å². The molecular weight excluding hydrogens is 204 g/mol. The van der Waals surface area contributed by atoms with Crippen LogP contribution < -0.4 is 0 Å². The van der Waals surface area contributed by atoms with Gasteiger partial charge in [-0.15, -0.1) is 0 Å². The fraction of sp³-hybridized carbons (Fsp3) is 0.882. The van der Waals surface area contributed by atoms with E-state index in [1.165, 1.54) is 25.7 Å². The van der Waals surface area contributed by atoms with E-state index in [-0.39, 0.29) is 0 Å². The summed E-state index contributed by atoms with van der Waals surface area (Å²) in [6.07, 6.45) is 5.89. The molecule has 4 aliphatic carbocycles. The molecule has 4 rings (SSSR count). The highest BCUT2D eigenvalue weighted by molar-refractivity contribution is 5.33. The summed E-state index contributed by atoms with van der Waals surface area (Å²) in [6.45, 7) is 12.5. The third-order valence-electron chi connectivity index (χ3n) is 6.72. The summed E-state index contributed by atoms with van der Waals surface area (Å²) in [6, 6.07) is 0. The predicted molar refractivity (Wildman–Crippen MR) is 73.7 cm³/mol. The van der Waals surface area contributed by atoms with Crippen molar-refractivity contribution in [3.63, 3.8) is 0 Å². The Kier molecular flexibility index (Phi) is 2.51. The molecule has 2 bridgehead atoms. The van der Waals surface area contributed by atoms with Gasteiger partial charge in [0.05, 0.1) is 0 Å². The lowest BCUT2D eigenvalue weighted by molar-refractivity contribution is -0.0475. The van der Waals surface area contributed by atoms with Crippen LogP contribution in [0.4, 0.5) is 0 Å². The van der Waals surface area contributed by atoms with E-state index in [9.17, 15) is 0 Å². The van der Waals surface area contributed by atoms with Crippen LogP contribution in [-0.2, 0) is 0 Å². The van der Waals surface area contributed by atoms with Gasteiger partial charge in [-0.05, 0) is 54.8 Å². The van der Waals surface area contributed by atoms with Crippen LogP contribution in [0.2, 0.25) is 0 Å². The van der Waals surface area contributed by atoms with Gasteiger partial charge in [-0.25, -0.2) is 0 Å². The summed E-state index contributed by atoms with van der Waals surface area (Å²) in [4.78, 5) is 0. The first kappa shape index (κ1) is 11.8. The molecule has 0 N–H and O–H groups in total. The molecule has 0 aliphatic heterocycles. The summed E-state index contributed by atoms with van der Waals surface area (Å²) in [7, 11) is 0. The van der Waals surface area contributed by atoms with Crippen molar-refractivity contribution in [1.82, 2.24) is 0 Å². The molecular formula is C17H28. The Morgan fingerprint density at radius 2 is 1.82 bits per heavy atom. The maximum atomic E-state index is 2.52. The highest BCUT2D eigenvalue weighted by Crippen LogP contribution is 2.65. The standard InChI is InChI=1S/C17H28/c1-10-7-6-8-13(10)16-12(3)11(2)14-9-15(16)17(14,4)5/h10-11,13-15H,6-9H2,1-5H3/t10?,11-,13?,14+,15-/m0/s1. The Balaban J connectivity index is 1.99. The van der Waals surface area contributed by atoms with Crippen LogP contribution in [0.1, 0.15) is 60.3 Å². The number of hydrogen-bond acceptors (Lipinski definition) is 0. The lowest BCUT2D eigenvalue weighted by Crippen LogP contribution is -2.54. The van der Waals surface area contributed by atoms with E-state index in [1.807, 2.05) is 5.57 Å². The number of allylic oxidation sites excluding steroid dienone is 2. The third kappa shape index (κ3) is 1.42. The van der Waals surface area contributed by atoms with Gasteiger partial charge in [-0.3, -0.25) is 0 Å². The van der Waals surface area contributed by atoms with Crippen molar-refractivity contribution in [3.8, 4) is 0 Å². The molecule has 2 saturated carbocycles. The van der Waals surface area contributed by atoms with E-state index in [2.05, 4.69) is 34.6 Å². The van der Waals surface area contributed by atoms with Gasteiger partial charge in [0, 0.05) is 0 Å². The van der Waals surface area contributed by atoms with Gasteiger partial charge in [-0.2, -0.15) is 0 Å². The normalized spacial score (nSPS) is 48.2. The van der Waals surface area contributed by atoms with Gasteiger partial charge >= 0.3 is 0 Å². The number of hydrogen-bond donors (Lipinski definition) is 0. The van der Waals surface area contributed by atoms with E-state index in [0.29, 0.717) is 5.41 Å². The van der Waals surface area contributed by atoms with Crippen molar-refractivity contribution in [3.05, 3.63) is 11.1 Å². The predicted octanol–water partition coefficient (Wildman–Crippen LogP) is 5.05. The zero-order chi connectivity index (χ0) is 12.4. The first-order valence-corrected chi connectivity index (χ1v) is 7.65. The van der Waals surface area contributed by atoms with Crippen molar-refractivity contribution in [2.45, 2.75) is 60.3 Å². The van der Waals surface area contributed by atoms with E-state index in [4.69, 9.17) is 0 Å². The van der Waals surface area contributed by atoms with Gasteiger partial charge in [0.1, 0.15) is 0 Å². The smallest absolute Gasteiger partial charge is 0.0140 e. The summed E-state index contributed by atoms with van der Waals surface area (Å²) in [5.41, 5.74) is 4.29. The average molecular weight is 232 g/mol. The van der Waals surface area contributed by atoms with Crippen LogP contribution in [0.25, 0.3) is 0 Å². The molecule has 17 heavy (non-hydrogen) atoms. The van der Waals surface area contributed by atoms with Crippen LogP contribution in [0.5, 0.6) is 0 Å². The van der Waals surface area contributed by atoms with Crippen molar-refractivity contribution in [2.24, 2.45) is 35.0 Å². The van der Waals surface area contributed by atoms with Gasteiger partial charge in [0.15, 0.2) is 0 Å². The quantitative estimate of drug-likeness (QED) is 0.555. The molecule has 0 aromatic carbocycles. The molecule has 0 heterocycles. The SMILES string of the molecule is CC1=C(C2CCCC2C)[C@@H]2C[C@H]([C@H]1C)C2(C)C. The average Bonchev–Trinajstić information content (AvgIpc) is 2.67. The highest BCUT2D eigenvalue weighted by atomic mass is 14.6. The first-order valence-electron chi connectivity index (χ1n) is 7.65. The lowest BCUT2D eigenvalue weighted by Gasteiger charge is -2.62. The summed E-state index contributed by atoms with van der Waals surface area (Å²) >= 11 is 0. The molecule has 2 fully saturated rings. The van der Waals surface area contributed by atoms with E-state index in [0.717, 1.165) is 29.6 Å². The van der Waals surface area contributed by atoms with Crippen LogP contribution >= 0.6 is 0 Å². The van der Waals surface area contributed by atoms with Gasteiger partial charge < -0.3 is 0 Å². The first-order chi connectivity index (χ1) is 7.94. The Morgan fingerprint density at radius 3 is 2.35 bits per heavy atom. The van der Waals surface area contributed by atoms with E-state index >= 15 is 0 Å². The lowest BCUT2D eigenvalue weighted by atomic mass is 9.43. The Morgan fingerprint density at radius 1 is 1.12 bits per heavy atom. The maximum absolute atomic E-state index is 2.52. The summed E-state index contributed by atoms with van der Waals surface area (Å²) < 4.78 is 0. The molecule has 0 aromatic rings. The fourth-order valence-electron chi connectivity index (χ4n) is 5.33. The molecule has 0 heteroatoms. The Hall–Kier alpha value is -0.260. The molecule has 0 spiro atoms. The largest absolute Gasteiger partial charge is 0.0704 e. The number of fused-ring (bicyclic) bond motifs is 1. The third-order valence-corrected chi connectivity index (χ3v) is 6.72. The minimum atomic E-state index is 0.594. The van der Waals surface area contributed by atoms with Crippen LogP contribution in [-0.4, -0.2) is 0 Å². The van der Waals surface area contributed by atoms with Crippen molar-refractivity contribution < 1.29 is 0 Å². The second-order valence-corrected chi connectivity index (χ2v) is 7.66.